The number of hydrogen-bond acceptors (Lipinski definition) is 2. The number of para-hydroxylation sites is 1. The van der Waals surface area contributed by atoms with E-state index >= 15 is 0 Å². The van der Waals surface area contributed by atoms with Gasteiger partial charge in [0, 0.05) is 43.8 Å². The third kappa shape index (κ3) is 3.88. The Hall–Kier alpha value is -3.21. The van der Waals surface area contributed by atoms with Crippen molar-refractivity contribution in [3.8, 4) is 5.75 Å². The summed E-state index contributed by atoms with van der Waals surface area (Å²) in [5.74, 6) is 0.670. The van der Waals surface area contributed by atoms with Crippen LogP contribution in [0.4, 0.5) is 5.69 Å². The van der Waals surface area contributed by atoms with Crippen molar-refractivity contribution in [2.24, 2.45) is 0 Å². The van der Waals surface area contributed by atoms with Gasteiger partial charge in [-0.3, -0.25) is 4.79 Å². The first-order chi connectivity index (χ1) is 15.5. The van der Waals surface area contributed by atoms with E-state index in [0.29, 0.717) is 23.7 Å². The molecule has 0 unspecified atom stereocenters. The average Bonchev–Trinajstić information content (AvgIpc) is 3.28. The van der Waals surface area contributed by atoms with E-state index in [1.54, 1.807) is 12.1 Å². The lowest BCUT2D eigenvalue weighted by molar-refractivity contribution is -0.110. The standard InChI is InChI=1S/C26H20Cl2N2O2/c1-16-12-19(7-9-23(16)28)32-11-10-30-15-17(20-4-2-3-5-25(20)30)13-22-21-8-6-18(27)14-24(21)29-26(22)31/h2-9,12-15H,10-11H2,1H3,(H,29,31)/b22-13+. The van der Waals surface area contributed by atoms with E-state index in [0.717, 1.165) is 44.1 Å². The highest BCUT2D eigenvalue weighted by molar-refractivity contribution is 6.37. The molecule has 5 rings (SSSR count). The molecular weight excluding hydrogens is 443 g/mol. The molecule has 2 heterocycles. The van der Waals surface area contributed by atoms with Crippen LogP contribution in [0, 0.1) is 6.92 Å². The zero-order valence-corrected chi connectivity index (χ0v) is 18.9. The van der Waals surface area contributed by atoms with Crippen LogP contribution in [-0.4, -0.2) is 17.1 Å². The first-order valence-electron chi connectivity index (χ1n) is 10.3. The summed E-state index contributed by atoms with van der Waals surface area (Å²) in [6.07, 6.45) is 4.01. The lowest BCUT2D eigenvalue weighted by atomic mass is 10.0. The van der Waals surface area contributed by atoms with E-state index in [1.807, 2.05) is 49.4 Å². The summed E-state index contributed by atoms with van der Waals surface area (Å²) >= 11 is 12.2. The highest BCUT2D eigenvalue weighted by Crippen LogP contribution is 2.36. The first-order valence-corrected chi connectivity index (χ1v) is 11.0. The van der Waals surface area contributed by atoms with Crippen LogP contribution in [0.5, 0.6) is 5.75 Å². The molecule has 4 aromatic rings. The van der Waals surface area contributed by atoms with Gasteiger partial charge in [0.1, 0.15) is 12.4 Å². The van der Waals surface area contributed by atoms with Crippen LogP contribution in [0.1, 0.15) is 16.7 Å². The van der Waals surface area contributed by atoms with Crippen molar-refractivity contribution in [1.29, 1.82) is 0 Å². The highest BCUT2D eigenvalue weighted by Gasteiger charge is 2.24. The molecule has 0 bridgehead atoms. The lowest BCUT2D eigenvalue weighted by Crippen LogP contribution is -2.07. The Labute approximate surface area is 196 Å². The number of nitrogens with zero attached hydrogens (tertiary/aromatic N) is 1. The number of fused-ring (bicyclic) bond motifs is 2. The average molecular weight is 463 g/mol. The number of aryl methyl sites for hydroxylation is 1. The molecular formula is C26H20Cl2N2O2. The predicted molar refractivity (Wildman–Crippen MR) is 132 cm³/mol. The van der Waals surface area contributed by atoms with Gasteiger partial charge in [-0.05, 0) is 55.0 Å². The third-order valence-electron chi connectivity index (χ3n) is 5.61. The van der Waals surface area contributed by atoms with Gasteiger partial charge in [0.05, 0.1) is 12.2 Å². The Balaban J connectivity index is 1.44. The van der Waals surface area contributed by atoms with Crippen molar-refractivity contribution >= 4 is 57.3 Å². The van der Waals surface area contributed by atoms with Crippen molar-refractivity contribution < 1.29 is 9.53 Å². The summed E-state index contributed by atoms with van der Waals surface area (Å²) in [7, 11) is 0. The Morgan fingerprint density at radius 1 is 1.06 bits per heavy atom. The van der Waals surface area contributed by atoms with E-state index in [4.69, 9.17) is 27.9 Å². The fourth-order valence-electron chi connectivity index (χ4n) is 4.01. The van der Waals surface area contributed by atoms with Gasteiger partial charge in [0.25, 0.3) is 5.91 Å². The second kappa shape index (κ2) is 8.38. The molecule has 0 atom stereocenters. The first kappa shape index (κ1) is 20.7. The topological polar surface area (TPSA) is 43.3 Å². The number of amides is 1. The molecule has 0 spiro atoms. The van der Waals surface area contributed by atoms with Gasteiger partial charge >= 0.3 is 0 Å². The molecule has 6 heteroatoms. The molecule has 0 aliphatic carbocycles. The second-order valence-corrected chi connectivity index (χ2v) is 8.60. The van der Waals surface area contributed by atoms with Crippen LogP contribution >= 0.6 is 23.2 Å². The van der Waals surface area contributed by atoms with Gasteiger partial charge in [-0.15, -0.1) is 0 Å². The third-order valence-corrected chi connectivity index (χ3v) is 6.27. The van der Waals surface area contributed by atoms with Crippen molar-refractivity contribution in [3.63, 3.8) is 0 Å². The van der Waals surface area contributed by atoms with Crippen molar-refractivity contribution in [2.75, 3.05) is 11.9 Å². The van der Waals surface area contributed by atoms with Gasteiger partial charge in [0.2, 0.25) is 0 Å². The highest BCUT2D eigenvalue weighted by atomic mass is 35.5. The summed E-state index contributed by atoms with van der Waals surface area (Å²) < 4.78 is 8.09. The number of ether oxygens (including phenoxy) is 1. The van der Waals surface area contributed by atoms with E-state index < -0.39 is 0 Å². The molecule has 160 valence electrons. The van der Waals surface area contributed by atoms with E-state index in [2.05, 4.69) is 28.2 Å². The van der Waals surface area contributed by atoms with Gasteiger partial charge in [-0.2, -0.15) is 0 Å². The maximum atomic E-state index is 12.6. The minimum Gasteiger partial charge on any atom is -0.492 e. The summed E-state index contributed by atoms with van der Waals surface area (Å²) in [4.78, 5) is 12.6. The molecule has 1 aliphatic rings. The maximum Gasteiger partial charge on any atom is 0.256 e. The molecule has 0 fully saturated rings. The minimum absolute atomic E-state index is 0.125. The van der Waals surface area contributed by atoms with Gasteiger partial charge < -0.3 is 14.6 Å². The second-order valence-electron chi connectivity index (χ2n) is 7.76. The summed E-state index contributed by atoms with van der Waals surface area (Å²) in [6, 6.07) is 19.3. The molecule has 0 saturated heterocycles. The van der Waals surface area contributed by atoms with Gasteiger partial charge in [-0.1, -0.05) is 47.5 Å². The van der Waals surface area contributed by atoms with Crippen LogP contribution in [0.25, 0.3) is 22.6 Å². The molecule has 32 heavy (non-hydrogen) atoms. The molecule has 1 aromatic heterocycles. The smallest absolute Gasteiger partial charge is 0.256 e. The Bertz CT molecular complexity index is 1390. The van der Waals surface area contributed by atoms with Crippen molar-refractivity contribution in [1.82, 2.24) is 4.57 Å². The summed E-state index contributed by atoms with van der Waals surface area (Å²) in [5.41, 5.74) is 5.29. The SMILES string of the molecule is Cc1cc(OCCn2cc(/C=C3/C(=O)Nc4cc(Cl)ccc43)c3ccccc32)ccc1Cl. The zero-order valence-electron chi connectivity index (χ0n) is 17.4. The number of carbonyl (C=O) groups is 1. The molecule has 1 amide bonds. The van der Waals surface area contributed by atoms with Crippen LogP contribution in [-0.2, 0) is 11.3 Å². The number of halogens is 2. The van der Waals surface area contributed by atoms with E-state index in [1.165, 1.54) is 0 Å². The van der Waals surface area contributed by atoms with Crippen LogP contribution in [0.3, 0.4) is 0 Å². The number of hydrogen-bond donors (Lipinski definition) is 1. The predicted octanol–water partition coefficient (Wildman–Crippen LogP) is 6.83. The zero-order chi connectivity index (χ0) is 22.2. The largest absolute Gasteiger partial charge is 0.492 e. The van der Waals surface area contributed by atoms with Gasteiger partial charge in [0.15, 0.2) is 0 Å². The Morgan fingerprint density at radius 2 is 1.91 bits per heavy atom. The van der Waals surface area contributed by atoms with Crippen LogP contribution < -0.4 is 10.1 Å². The lowest BCUT2D eigenvalue weighted by Gasteiger charge is -2.09. The minimum atomic E-state index is -0.125. The number of anilines is 1. The Morgan fingerprint density at radius 3 is 2.75 bits per heavy atom. The molecule has 3 aromatic carbocycles. The van der Waals surface area contributed by atoms with E-state index in [-0.39, 0.29) is 5.91 Å². The quantitative estimate of drug-likeness (QED) is 0.330. The molecule has 1 N–H and O–H groups in total. The van der Waals surface area contributed by atoms with Crippen LogP contribution in [0.2, 0.25) is 10.0 Å². The van der Waals surface area contributed by atoms with Crippen molar-refractivity contribution in [3.05, 3.63) is 93.6 Å². The number of aromatic nitrogens is 1. The van der Waals surface area contributed by atoms with E-state index in [9.17, 15) is 4.79 Å². The normalized spacial score (nSPS) is 14.1. The molecule has 0 radical (unpaired) electrons. The fourth-order valence-corrected chi connectivity index (χ4v) is 4.30. The summed E-state index contributed by atoms with van der Waals surface area (Å²) in [5, 5.41) is 5.30. The number of benzene rings is 3. The number of rotatable bonds is 5. The van der Waals surface area contributed by atoms with Crippen molar-refractivity contribution in [2.45, 2.75) is 13.5 Å². The monoisotopic (exact) mass is 462 g/mol. The van der Waals surface area contributed by atoms with Crippen LogP contribution in [0.15, 0.2) is 66.9 Å². The van der Waals surface area contributed by atoms with Gasteiger partial charge in [-0.25, -0.2) is 0 Å². The molecule has 1 aliphatic heterocycles. The molecule has 4 nitrogen and oxygen atoms in total. The number of nitrogens with one attached hydrogen (secondary N) is 1. The summed E-state index contributed by atoms with van der Waals surface area (Å²) in [6.45, 7) is 3.14. The maximum absolute atomic E-state index is 12.6. The number of carbonyl (C=O) groups excluding carboxylic acids is 1. The molecule has 0 saturated carbocycles. The Kier molecular flexibility index (Phi) is 5.41. The fraction of sp³-hybridized carbons (Fsp3) is 0.115.